The van der Waals surface area contributed by atoms with Crippen LogP contribution in [0, 0.1) is 0 Å². The molecule has 2 heterocycles. The number of fused-ring (bicyclic) bond motifs is 1. The van der Waals surface area contributed by atoms with Crippen LogP contribution < -0.4 is 4.74 Å². The van der Waals surface area contributed by atoms with Crippen LogP contribution in [0.5, 0.6) is 5.75 Å². The molecular weight excluding hydrogens is 322 g/mol. The zero-order valence-electron chi connectivity index (χ0n) is 14.7. The lowest BCUT2D eigenvalue weighted by molar-refractivity contribution is -0.143. The first-order valence-electron chi connectivity index (χ1n) is 8.34. The van der Waals surface area contributed by atoms with Gasteiger partial charge in [0.25, 0.3) is 0 Å². The van der Waals surface area contributed by atoms with Crippen LogP contribution in [0.4, 0.5) is 0 Å². The molecule has 0 bridgehead atoms. The Morgan fingerprint density at radius 1 is 1.36 bits per heavy atom. The number of carboxylic acids is 1. The summed E-state index contributed by atoms with van der Waals surface area (Å²) in [5.74, 6) is 0.357. The summed E-state index contributed by atoms with van der Waals surface area (Å²) in [4.78, 5) is 15.4. The van der Waals surface area contributed by atoms with Gasteiger partial charge < -0.3 is 9.84 Å². The van der Waals surface area contributed by atoms with Crippen molar-refractivity contribution in [1.29, 1.82) is 0 Å². The van der Waals surface area contributed by atoms with Gasteiger partial charge in [0, 0.05) is 25.1 Å². The Hall–Kier alpha value is -2.48. The molecule has 0 saturated heterocycles. The predicted octanol–water partition coefficient (Wildman–Crippen LogP) is 1.49. The number of aromatic nitrogens is 4. The van der Waals surface area contributed by atoms with E-state index in [0.717, 1.165) is 0 Å². The topological polar surface area (TPSA) is 93.4 Å². The largest absolute Gasteiger partial charge is 0.492 e. The molecule has 0 radical (unpaired) electrons. The third kappa shape index (κ3) is 3.79. The third-order valence-electron chi connectivity index (χ3n) is 4.13. The molecule has 0 fully saturated rings. The van der Waals surface area contributed by atoms with E-state index in [1.807, 2.05) is 43.9 Å². The highest BCUT2D eigenvalue weighted by Gasteiger charge is 2.32. The summed E-state index contributed by atoms with van der Waals surface area (Å²) >= 11 is 0. The Balaban J connectivity index is 1.77. The second-order valence-electron chi connectivity index (χ2n) is 7.08. The van der Waals surface area contributed by atoms with Gasteiger partial charge in [-0.2, -0.15) is 4.80 Å². The number of nitrogens with zero attached hydrogens (tertiary/aromatic N) is 5. The number of hydrogen-bond donors (Lipinski definition) is 1. The van der Waals surface area contributed by atoms with E-state index in [4.69, 9.17) is 4.74 Å². The molecule has 3 rings (SSSR count). The van der Waals surface area contributed by atoms with Gasteiger partial charge in [-0.05, 0) is 32.1 Å². The maximum atomic E-state index is 11.9. The Morgan fingerprint density at radius 2 is 2.12 bits per heavy atom. The highest BCUT2D eigenvalue weighted by Crippen LogP contribution is 2.32. The summed E-state index contributed by atoms with van der Waals surface area (Å²) in [6.07, 6.45) is 0.530. The van der Waals surface area contributed by atoms with Crippen LogP contribution in [0.15, 0.2) is 24.3 Å². The number of benzene rings is 1. The molecule has 8 heteroatoms. The highest BCUT2D eigenvalue weighted by atomic mass is 16.5. The summed E-state index contributed by atoms with van der Waals surface area (Å²) in [5.41, 5.74) is 0.448. The summed E-state index contributed by atoms with van der Waals surface area (Å²) in [6, 6.07) is 6.56. The van der Waals surface area contributed by atoms with Crippen molar-refractivity contribution in [2.24, 2.45) is 0 Å². The number of para-hydroxylation sites is 1. The average Bonchev–Trinajstić information content (AvgIpc) is 2.94. The van der Waals surface area contributed by atoms with Crippen LogP contribution in [-0.2, 0) is 16.8 Å². The molecule has 0 aliphatic carbocycles. The van der Waals surface area contributed by atoms with Crippen LogP contribution in [0.3, 0.4) is 0 Å². The van der Waals surface area contributed by atoms with Crippen LogP contribution in [-0.4, -0.2) is 55.9 Å². The average molecular weight is 345 g/mol. The molecule has 0 spiro atoms. The first-order chi connectivity index (χ1) is 11.9. The first kappa shape index (κ1) is 17.3. The summed E-state index contributed by atoms with van der Waals surface area (Å²) in [5, 5.41) is 22.3. The van der Waals surface area contributed by atoms with E-state index in [9.17, 15) is 9.90 Å². The van der Waals surface area contributed by atoms with Crippen LogP contribution >= 0.6 is 0 Å². The zero-order chi connectivity index (χ0) is 18.0. The minimum atomic E-state index is -0.885. The van der Waals surface area contributed by atoms with Crippen molar-refractivity contribution in [3.8, 4) is 5.75 Å². The van der Waals surface area contributed by atoms with Crippen molar-refractivity contribution in [2.45, 2.75) is 38.8 Å². The van der Waals surface area contributed by atoms with Gasteiger partial charge >= 0.3 is 5.97 Å². The van der Waals surface area contributed by atoms with Crippen molar-refractivity contribution < 1.29 is 14.6 Å². The number of aliphatic carboxylic acids is 1. The number of ether oxygens (including phenoxy) is 1. The molecule has 1 atom stereocenters. The maximum absolute atomic E-state index is 11.9. The van der Waals surface area contributed by atoms with Gasteiger partial charge in [-0.3, -0.25) is 9.69 Å². The fourth-order valence-electron chi connectivity index (χ4n) is 2.84. The van der Waals surface area contributed by atoms with Gasteiger partial charge in [-0.1, -0.05) is 18.2 Å². The molecular formula is C17H23N5O3. The predicted molar refractivity (Wildman–Crippen MR) is 90.4 cm³/mol. The molecule has 1 N–H and O–H groups in total. The fourth-order valence-corrected chi connectivity index (χ4v) is 2.84. The molecule has 0 saturated carbocycles. The monoisotopic (exact) mass is 345 g/mol. The SMILES string of the molecule is CC(C)(C)n1nnc(CCN2CCOc3ccccc3C2C(=O)O)n1. The van der Waals surface area contributed by atoms with Crippen molar-refractivity contribution in [1.82, 2.24) is 25.1 Å². The molecule has 1 aliphatic rings. The molecule has 2 aromatic rings. The van der Waals surface area contributed by atoms with E-state index >= 15 is 0 Å². The third-order valence-corrected chi connectivity index (χ3v) is 4.13. The standard InChI is InChI=1S/C17H23N5O3/c1-17(2,3)22-19-14(18-20-22)8-9-21-10-11-25-13-7-5-4-6-12(13)15(21)16(23)24/h4-7,15H,8-11H2,1-3H3,(H,23,24). The van der Waals surface area contributed by atoms with E-state index < -0.39 is 12.0 Å². The number of carboxylic acid groups (broad SMARTS) is 1. The molecule has 1 aromatic carbocycles. The Labute approximate surface area is 146 Å². The van der Waals surface area contributed by atoms with Crippen molar-refractivity contribution in [3.63, 3.8) is 0 Å². The van der Waals surface area contributed by atoms with Gasteiger partial charge in [0.2, 0.25) is 0 Å². The molecule has 1 aromatic heterocycles. The number of rotatable bonds is 4. The molecule has 1 aliphatic heterocycles. The number of carbonyl (C=O) groups is 1. The second-order valence-corrected chi connectivity index (χ2v) is 7.08. The molecule has 134 valence electrons. The summed E-state index contributed by atoms with van der Waals surface area (Å²) < 4.78 is 5.71. The first-order valence-corrected chi connectivity index (χ1v) is 8.34. The van der Waals surface area contributed by atoms with Crippen molar-refractivity contribution >= 4 is 5.97 Å². The zero-order valence-corrected chi connectivity index (χ0v) is 14.7. The fraction of sp³-hybridized carbons (Fsp3) is 0.529. The van der Waals surface area contributed by atoms with E-state index in [-0.39, 0.29) is 5.54 Å². The number of tetrazole rings is 1. The molecule has 1 unspecified atom stereocenters. The van der Waals surface area contributed by atoms with Gasteiger partial charge in [-0.15, -0.1) is 10.2 Å². The second kappa shape index (κ2) is 6.79. The smallest absolute Gasteiger partial charge is 0.325 e. The maximum Gasteiger partial charge on any atom is 0.325 e. The van der Waals surface area contributed by atoms with E-state index in [0.29, 0.717) is 43.3 Å². The van der Waals surface area contributed by atoms with Gasteiger partial charge in [-0.25, -0.2) is 0 Å². The van der Waals surface area contributed by atoms with Gasteiger partial charge in [0.05, 0.1) is 5.54 Å². The summed E-state index contributed by atoms with van der Waals surface area (Å²) in [6.45, 7) is 7.50. The van der Waals surface area contributed by atoms with E-state index in [1.54, 1.807) is 10.9 Å². The Morgan fingerprint density at radius 3 is 2.80 bits per heavy atom. The lowest BCUT2D eigenvalue weighted by Crippen LogP contribution is -2.36. The minimum Gasteiger partial charge on any atom is -0.492 e. The van der Waals surface area contributed by atoms with Gasteiger partial charge in [0.15, 0.2) is 5.82 Å². The van der Waals surface area contributed by atoms with Gasteiger partial charge in [0.1, 0.15) is 18.4 Å². The molecule has 25 heavy (non-hydrogen) atoms. The highest BCUT2D eigenvalue weighted by molar-refractivity contribution is 5.76. The van der Waals surface area contributed by atoms with Crippen molar-refractivity contribution in [3.05, 3.63) is 35.7 Å². The quantitative estimate of drug-likeness (QED) is 0.897. The minimum absolute atomic E-state index is 0.232. The summed E-state index contributed by atoms with van der Waals surface area (Å²) in [7, 11) is 0. The normalized spacial score (nSPS) is 18.3. The van der Waals surface area contributed by atoms with E-state index in [2.05, 4.69) is 15.4 Å². The number of hydrogen-bond acceptors (Lipinski definition) is 6. The lowest BCUT2D eigenvalue weighted by Gasteiger charge is -2.26. The Kier molecular flexibility index (Phi) is 4.71. The van der Waals surface area contributed by atoms with Crippen LogP contribution in [0.2, 0.25) is 0 Å². The van der Waals surface area contributed by atoms with Crippen molar-refractivity contribution in [2.75, 3.05) is 19.7 Å². The molecule has 8 nitrogen and oxygen atoms in total. The van der Waals surface area contributed by atoms with Crippen LogP contribution in [0.25, 0.3) is 0 Å². The lowest BCUT2D eigenvalue weighted by atomic mass is 10.0. The molecule has 0 amide bonds. The van der Waals surface area contributed by atoms with Crippen LogP contribution in [0.1, 0.15) is 38.2 Å². The van der Waals surface area contributed by atoms with E-state index in [1.165, 1.54) is 0 Å². The Bertz CT molecular complexity index is 753.